The SMILES string of the molecule is Cc1ccc(C(O)CF)c2ccccc12. The minimum atomic E-state index is -1.02. The quantitative estimate of drug-likeness (QED) is 0.796. The Balaban J connectivity index is 2.71. The van der Waals surface area contributed by atoms with Gasteiger partial charge in [-0.1, -0.05) is 36.4 Å². The summed E-state index contributed by atoms with van der Waals surface area (Å²) in [5.41, 5.74) is 1.80. The lowest BCUT2D eigenvalue weighted by atomic mass is 9.97. The van der Waals surface area contributed by atoms with Gasteiger partial charge in [0.2, 0.25) is 0 Å². The van der Waals surface area contributed by atoms with Crippen molar-refractivity contribution in [2.24, 2.45) is 0 Å². The number of hydrogen-bond acceptors (Lipinski definition) is 1. The zero-order valence-electron chi connectivity index (χ0n) is 8.57. The Hall–Kier alpha value is -1.41. The van der Waals surface area contributed by atoms with Gasteiger partial charge in [-0.15, -0.1) is 0 Å². The summed E-state index contributed by atoms with van der Waals surface area (Å²) >= 11 is 0. The normalized spacial score (nSPS) is 13.0. The van der Waals surface area contributed by atoms with Crippen LogP contribution in [0.4, 0.5) is 4.39 Å². The number of aliphatic hydroxyl groups is 1. The Kier molecular flexibility index (Phi) is 2.69. The lowest BCUT2D eigenvalue weighted by Crippen LogP contribution is -2.00. The van der Waals surface area contributed by atoms with Crippen molar-refractivity contribution in [3.8, 4) is 0 Å². The number of aliphatic hydroxyl groups excluding tert-OH is 1. The second kappa shape index (κ2) is 3.99. The summed E-state index contributed by atoms with van der Waals surface area (Å²) in [5, 5.41) is 11.5. The lowest BCUT2D eigenvalue weighted by Gasteiger charge is -2.11. The molecule has 2 rings (SSSR count). The van der Waals surface area contributed by atoms with Crippen LogP contribution in [-0.2, 0) is 0 Å². The van der Waals surface area contributed by atoms with Crippen LogP contribution in [0.3, 0.4) is 0 Å². The van der Waals surface area contributed by atoms with Crippen molar-refractivity contribution in [3.05, 3.63) is 47.5 Å². The van der Waals surface area contributed by atoms with Crippen molar-refractivity contribution in [1.82, 2.24) is 0 Å². The Labute approximate surface area is 88.2 Å². The molecule has 2 aromatic carbocycles. The molecular formula is C13H13FO. The highest BCUT2D eigenvalue weighted by atomic mass is 19.1. The average molecular weight is 204 g/mol. The van der Waals surface area contributed by atoms with Crippen molar-refractivity contribution in [1.29, 1.82) is 0 Å². The fourth-order valence-electron chi connectivity index (χ4n) is 1.85. The van der Waals surface area contributed by atoms with Gasteiger partial charge in [0.05, 0.1) is 0 Å². The van der Waals surface area contributed by atoms with Gasteiger partial charge in [0, 0.05) is 0 Å². The van der Waals surface area contributed by atoms with Crippen LogP contribution in [0.1, 0.15) is 17.2 Å². The Morgan fingerprint density at radius 2 is 1.80 bits per heavy atom. The third-order valence-electron chi connectivity index (χ3n) is 2.68. The van der Waals surface area contributed by atoms with Gasteiger partial charge in [-0.2, -0.15) is 0 Å². The molecule has 0 aliphatic carbocycles. The molecule has 0 aliphatic rings. The van der Waals surface area contributed by atoms with Crippen LogP contribution < -0.4 is 0 Å². The summed E-state index contributed by atoms with van der Waals surface area (Å²) < 4.78 is 12.5. The van der Waals surface area contributed by atoms with E-state index in [-0.39, 0.29) is 0 Å². The first-order valence-corrected chi connectivity index (χ1v) is 4.96. The molecule has 0 spiro atoms. The van der Waals surface area contributed by atoms with Gasteiger partial charge in [0.1, 0.15) is 12.8 Å². The summed E-state index contributed by atoms with van der Waals surface area (Å²) in [6.07, 6.45) is -1.02. The largest absolute Gasteiger partial charge is 0.386 e. The smallest absolute Gasteiger partial charge is 0.119 e. The molecule has 1 N–H and O–H groups in total. The van der Waals surface area contributed by atoms with E-state index < -0.39 is 12.8 Å². The topological polar surface area (TPSA) is 20.2 Å². The molecule has 0 fully saturated rings. The number of rotatable bonds is 2. The molecule has 1 atom stereocenters. The van der Waals surface area contributed by atoms with Crippen LogP contribution >= 0.6 is 0 Å². The molecule has 2 heteroatoms. The number of halogens is 1. The predicted molar refractivity (Wildman–Crippen MR) is 59.6 cm³/mol. The Morgan fingerprint density at radius 3 is 2.47 bits per heavy atom. The van der Waals surface area contributed by atoms with Gasteiger partial charge >= 0.3 is 0 Å². The second-order valence-electron chi connectivity index (χ2n) is 3.69. The molecule has 1 nitrogen and oxygen atoms in total. The van der Waals surface area contributed by atoms with Crippen molar-refractivity contribution in [2.45, 2.75) is 13.0 Å². The highest BCUT2D eigenvalue weighted by molar-refractivity contribution is 5.88. The molecule has 78 valence electrons. The van der Waals surface area contributed by atoms with Crippen LogP contribution in [0, 0.1) is 6.92 Å². The minimum absolute atomic E-state index is 0.665. The first-order valence-electron chi connectivity index (χ1n) is 4.96. The van der Waals surface area contributed by atoms with Gasteiger partial charge in [0.15, 0.2) is 0 Å². The molecule has 0 radical (unpaired) electrons. The standard InChI is InChI=1S/C13H13FO/c1-9-6-7-12(13(15)8-14)11-5-3-2-4-10(9)11/h2-7,13,15H,8H2,1H3. The summed E-state index contributed by atoms with van der Waals surface area (Å²) in [4.78, 5) is 0. The van der Waals surface area contributed by atoms with E-state index in [0.29, 0.717) is 5.56 Å². The van der Waals surface area contributed by atoms with E-state index in [1.807, 2.05) is 37.3 Å². The van der Waals surface area contributed by atoms with Crippen molar-refractivity contribution in [3.63, 3.8) is 0 Å². The maximum atomic E-state index is 12.5. The van der Waals surface area contributed by atoms with Crippen LogP contribution in [0.25, 0.3) is 10.8 Å². The molecule has 0 saturated carbocycles. The van der Waals surface area contributed by atoms with Gasteiger partial charge in [-0.3, -0.25) is 0 Å². The highest BCUT2D eigenvalue weighted by Crippen LogP contribution is 2.26. The number of alkyl halides is 1. The van der Waals surface area contributed by atoms with E-state index in [9.17, 15) is 9.50 Å². The number of hydrogen-bond donors (Lipinski definition) is 1. The second-order valence-corrected chi connectivity index (χ2v) is 3.69. The van der Waals surface area contributed by atoms with Crippen molar-refractivity contribution < 1.29 is 9.50 Å². The molecule has 0 amide bonds. The Bertz CT molecular complexity index is 479. The highest BCUT2D eigenvalue weighted by Gasteiger charge is 2.11. The molecule has 0 aromatic heterocycles. The fourth-order valence-corrected chi connectivity index (χ4v) is 1.85. The molecule has 0 aliphatic heterocycles. The number of fused-ring (bicyclic) bond motifs is 1. The van der Waals surface area contributed by atoms with Crippen LogP contribution in [0.2, 0.25) is 0 Å². The number of aryl methyl sites for hydroxylation is 1. The Morgan fingerprint density at radius 1 is 1.13 bits per heavy atom. The first-order chi connectivity index (χ1) is 7.24. The molecular weight excluding hydrogens is 191 g/mol. The fraction of sp³-hybridized carbons (Fsp3) is 0.231. The van der Waals surface area contributed by atoms with Gasteiger partial charge in [0.25, 0.3) is 0 Å². The third-order valence-corrected chi connectivity index (χ3v) is 2.68. The molecule has 0 heterocycles. The van der Waals surface area contributed by atoms with E-state index in [1.54, 1.807) is 6.07 Å². The monoisotopic (exact) mass is 204 g/mol. The van der Waals surface area contributed by atoms with Gasteiger partial charge in [-0.05, 0) is 28.8 Å². The molecule has 0 saturated heterocycles. The van der Waals surface area contributed by atoms with E-state index in [4.69, 9.17) is 0 Å². The lowest BCUT2D eigenvalue weighted by molar-refractivity contribution is 0.143. The van der Waals surface area contributed by atoms with Crippen LogP contribution in [-0.4, -0.2) is 11.8 Å². The van der Waals surface area contributed by atoms with E-state index in [0.717, 1.165) is 16.3 Å². The van der Waals surface area contributed by atoms with Crippen LogP contribution in [0.5, 0.6) is 0 Å². The summed E-state index contributed by atoms with van der Waals surface area (Å²) in [6.45, 7) is 1.26. The maximum absolute atomic E-state index is 12.5. The zero-order chi connectivity index (χ0) is 10.8. The summed E-state index contributed by atoms with van der Waals surface area (Å²) in [5.74, 6) is 0. The van der Waals surface area contributed by atoms with E-state index in [1.165, 1.54) is 0 Å². The molecule has 15 heavy (non-hydrogen) atoms. The van der Waals surface area contributed by atoms with Gasteiger partial charge in [-0.25, -0.2) is 4.39 Å². The molecule has 1 unspecified atom stereocenters. The van der Waals surface area contributed by atoms with Crippen LogP contribution in [0.15, 0.2) is 36.4 Å². The van der Waals surface area contributed by atoms with Gasteiger partial charge < -0.3 is 5.11 Å². The third kappa shape index (κ3) is 1.73. The molecule has 2 aromatic rings. The van der Waals surface area contributed by atoms with Crippen molar-refractivity contribution >= 4 is 10.8 Å². The summed E-state index contributed by atoms with van der Waals surface area (Å²) in [7, 11) is 0. The van der Waals surface area contributed by atoms with E-state index in [2.05, 4.69) is 0 Å². The first kappa shape index (κ1) is 10.1. The molecule has 0 bridgehead atoms. The predicted octanol–water partition coefficient (Wildman–Crippen LogP) is 3.15. The zero-order valence-corrected chi connectivity index (χ0v) is 8.57. The van der Waals surface area contributed by atoms with Crippen molar-refractivity contribution in [2.75, 3.05) is 6.67 Å². The summed E-state index contributed by atoms with van der Waals surface area (Å²) in [6, 6.07) is 11.4. The average Bonchev–Trinajstić information content (AvgIpc) is 2.29. The van der Waals surface area contributed by atoms with E-state index >= 15 is 0 Å². The number of benzene rings is 2. The maximum Gasteiger partial charge on any atom is 0.119 e. The minimum Gasteiger partial charge on any atom is -0.386 e.